The fourth-order valence-electron chi connectivity index (χ4n) is 1.44. The molecule has 4 nitrogen and oxygen atoms in total. The van der Waals surface area contributed by atoms with Gasteiger partial charge in [0.1, 0.15) is 0 Å². The lowest BCUT2D eigenvalue weighted by Gasteiger charge is -2.30. The maximum Gasteiger partial charge on any atom is 0.309 e. The number of hydroxylamine groups is 2. The molecule has 0 unspecified atom stereocenters. The molecule has 1 saturated heterocycles. The summed E-state index contributed by atoms with van der Waals surface area (Å²) in [5, 5.41) is 11.1. The standard InChI is InChI=1S/C8H15NO3/c1-2-12-8(10)7-3-5-9(11)6-4-7/h7,9H,2-6H2,1H3. The predicted molar refractivity (Wildman–Crippen MR) is 43.4 cm³/mol. The van der Waals surface area contributed by atoms with Gasteiger partial charge in [0, 0.05) is 12.8 Å². The minimum Gasteiger partial charge on any atom is -0.634 e. The van der Waals surface area contributed by atoms with E-state index in [-0.39, 0.29) is 17.0 Å². The van der Waals surface area contributed by atoms with Gasteiger partial charge in [0.2, 0.25) is 0 Å². The van der Waals surface area contributed by atoms with Crippen molar-refractivity contribution in [2.45, 2.75) is 19.8 Å². The Balaban J connectivity index is 2.29. The Morgan fingerprint density at radius 2 is 2.17 bits per heavy atom. The van der Waals surface area contributed by atoms with E-state index in [1.54, 1.807) is 6.92 Å². The highest BCUT2D eigenvalue weighted by atomic mass is 16.5. The second kappa shape index (κ2) is 4.42. The van der Waals surface area contributed by atoms with Gasteiger partial charge in [-0.3, -0.25) is 4.79 Å². The highest BCUT2D eigenvalue weighted by molar-refractivity contribution is 5.72. The van der Waals surface area contributed by atoms with Gasteiger partial charge in [-0.2, -0.15) is 0 Å². The minimum absolute atomic E-state index is 0.0253. The van der Waals surface area contributed by atoms with Crippen molar-refractivity contribution in [1.82, 2.24) is 0 Å². The number of esters is 1. The zero-order chi connectivity index (χ0) is 8.97. The summed E-state index contributed by atoms with van der Waals surface area (Å²) in [7, 11) is 0. The fourth-order valence-corrected chi connectivity index (χ4v) is 1.44. The normalized spacial score (nSPS) is 29.8. The van der Waals surface area contributed by atoms with Gasteiger partial charge in [0.15, 0.2) is 0 Å². The van der Waals surface area contributed by atoms with E-state index in [9.17, 15) is 10.0 Å². The SMILES string of the molecule is CCOC(=O)C1CC[NH+]([O-])CC1. The predicted octanol–water partition coefficient (Wildman–Crippen LogP) is -0.658. The first-order valence-electron chi connectivity index (χ1n) is 4.42. The average molecular weight is 173 g/mol. The number of hydrogen-bond acceptors (Lipinski definition) is 3. The first kappa shape index (κ1) is 9.48. The second-order valence-corrected chi connectivity index (χ2v) is 3.06. The number of nitrogens with one attached hydrogen (secondary N) is 1. The molecule has 0 bridgehead atoms. The number of carbonyl (C=O) groups excluding carboxylic acids is 1. The molecule has 1 aliphatic rings. The largest absolute Gasteiger partial charge is 0.634 e. The summed E-state index contributed by atoms with van der Waals surface area (Å²) in [5.74, 6) is -0.160. The first-order valence-corrected chi connectivity index (χ1v) is 4.42. The zero-order valence-corrected chi connectivity index (χ0v) is 7.34. The van der Waals surface area contributed by atoms with E-state index < -0.39 is 0 Å². The quantitative estimate of drug-likeness (QED) is 0.445. The fraction of sp³-hybridized carbons (Fsp3) is 0.875. The van der Waals surface area contributed by atoms with Crippen molar-refractivity contribution in [2.75, 3.05) is 19.7 Å². The summed E-state index contributed by atoms with van der Waals surface area (Å²) >= 11 is 0. The van der Waals surface area contributed by atoms with Crippen LogP contribution in [0.2, 0.25) is 0 Å². The lowest BCUT2D eigenvalue weighted by Crippen LogP contribution is -3.08. The van der Waals surface area contributed by atoms with Crippen LogP contribution in [0.1, 0.15) is 19.8 Å². The summed E-state index contributed by atoms with van der Waals surface area (Å²) in [5.41, 5.74) is 0. The minimum atomic E-state index is -0.134. The van der Waals surface area contributed by atoms with E-state index in [4.69, 9.17) is 4.74 Å². The zero-order valence-electron chi connectivity index (χ0n) is 7.34. The Morgan fingerprint density at radius 1 is 1.58 bits per heavy atom. The molecule has 0 amide bonds. The van der Waals surface area contributed by atoms with E-state index >= 15 is 0 Å². The number of piperidine rings is 1. The molecule has 0 aliphatic carbocycles. The second-order valence-electron chi connectivity index (χ2n) is 3.06. The molecule has 0 spiro atoms. The molecule has 0 radical (unpaired) electrons. The molecule has 0 aromatic rings. The van der Waals surface area contributed by atoms with Crippen molar-refractivity contribution in [2.24, 2.45) is 5.92 Å². The van der Waals surface area contributed by atoms with Gasteiger partial charge in [0.05, 0.1) is 25.6 Å². The third kappa shape index (κ3) is 2.46. The van der Waals surface area contributed by atoms with Crippen LogP contribution in [0.3, 0.4) is 0 Å². The highest BCUT2D eigenvalue weighted by Gasteiger charge is 2.25. The maximum absolute atomic E-state index is 11.2. The molecular formula is C8H15NO3. The first-order chi connectivity index (χ1) is 5.74. The van der Waals surface area contributed by atoms with Gasteiger partial charge in [0.25, 0.3) is 0 Å². The van der Waals surface area contributed by atoms with Crippen molar-refractivity contribution in [1.29, 1.82) is 0 Å². The Labute approximate surface area is 72.1 Å². The molecule has 0 saturated carbocycles. The van der Waals surface area contributed by atoms with Gasteiger partial charge in [-0.25, -0.2) is 0 Å². The van der Waals surface area contributed by atoms with Crippen molar-refractivity contribution in [3.05, 3.63) is 5.21 Å². The molecular weight excluding hydrogens is 158 g/mol. The molecule has 0 aromatic heterocycles. The van der Waals surface area contributed by atoms with Gasteiger partial charge in [-0.15, -0.1) is 0 Å². The van der Waals surface area contributed by atoms with Gasteiger partial charge < -0.3 is 15.0 Å². The molecule has 1 heterocycles. The van der Waals surface area contributed by atoms with E-state index in [0.29, 0.717) is 32.5 Å². The van der Waals surface area contributed by atoms with Gasteiger partial charge >= 0.3 is 5.97 Å². The Kier molecular flexibility index (Phi) is 3.49. The van der Waals surface area contributed by atoms with Gasteiger partial charge in [-0.1, -0.05) is 0 Å². The van der Waals surface area contributed by atoms with Crippen LogP contribution < -0.4 is 5.06 Å². The third-order valence-corrected chi connectivity index (χ3v) is 2.16. The summed E-state index contributed by atoms with van der Waals surface area (Å²) < 4.78 is 4.87. The molecule has 0 atom stereocenters. The molecule has 4 heteroatoms. The van der Waals surface area contributed by atoms with Crippen LogP contribution in [-0.4, -0.2) is 25.7 Å². The lowest BCUT2D eigenvalue weighted by molar-refractivity contribution is -0.854. The van der Waals surface area contributed by atoms with Crippen LogP contribution in [0, 0.1) is 11.1 Å². The van der Waals surface area contributed by atoms with E-state index in [0.717, 1.165) is 0 Å². The number of ether oxygens (including phenoxy) is 1. The van der Waals surface area contributed by atoms with Crippen LogP contribution in [0.15, 0.2) is 0 Å². The van der Waals surface area contributed by atoms with Crippen molar-refractivity contribution in [3.63, 3.8) is 0 Å². The molecule has 12 heavy (non-hydrogen) atoms. The summed E-state index contributed by atoms with van der Waals surface area (Å²) in [4.78, 5) is 11.2. The number of quaternary nitrogens is 1. The number of hydrogen-bond donors (Lipinski definition) is 1. The van der Waals surface area contributed by atoms with Crippen LogP contribution in [0.5, 0.6) is 0 Å². The summed E-state index contributed by atoms with van der Waals surface area (Å²) in [6, 6.07) is 0. The molecule has 1 rings (SSSR count). The molecule has 70 valence electrons. The third-order valence-electron chi connectivity index (χ3n) is 2.16. The monoisotopic (exact) mass is 173 g/mol. The van der Waals surface area contributed by atoms with E-state index in [2.05, 4.69) is 0 Å². The van der Waals surface area contributed by atoms with Crippen molar-refractivity contribution < 1.29 is 14.6 Å². The molecule has 1 N–H and O–H groups in total. The maximum atomic E-state index is 11.2. The smallest absolute Gasteiger partial charge is 0.309 e. The van der Waals surface area contributed by atoms with Crippen LogP contribution in [0.4, 0.5) is 0 Å². The topological polar surface area (TPSA) is 53.8 Å². The Bertz CT molecular complexity index is 152. The average Bonchev–Trinajstić information content (AvgIpc) is 2.06. The highest BCUT2D eigenvalue weighted by Crippen LogP contribution is 2.11. The van der Waals surface area contributed by atoms with Gasteiger partial charge in [-0.05, 0) is 6.92 Å². The summed E-state index contributed by atoms with van der Waals surface area (Å²) in [6.45, 7) is 3.32. The van der Waals surface area contributed by atoms with E-state index in [1.807, 2.05) is 0 Å². The van der Waals surface area contributed by atoms with Crippen molar-refractivity contribution >= 4 is 5.97 Å². The summed E-state index contributed by atoms with van der Waals surface area (Å²) in [6.07, 6.45) is 1.36. The number of carbonyl (C=O) groups is 1. The molecule has 1 aliphatic heterocycles. The van der Waals surface area contributed by atoms with Crippen LogP contribution in [0.25, 0.3) is 0 Å². The van der Waals surface area contributed by atoms with Crippen LogP contribution >= 0.6 is 0 Å². The Morgan fingerprint density at radius 3 is 2.67 bits per heavy atom. The Hall–Kier alpha value is -0.610. The van der Waals surface area contributed by atoms with E-state index in [1.165, 1.54) is 0 Å². The number of rotatable bonds is 2. The van der Waals surface area contributed by atoms with Crippen LogP contribution in [-0.2, 0) is 9.53 Å². The molecule has 1 fully saturated rings. The lowest BCUT2D eigenvalue weighted by atomic mass is 9.98. The molecule has 0 aromatic carbocycles. The van der Waals surface area contributed by atoms with Crippen molar-refractivity contribution in [3.8, 4) is 0 Å².